The lowest BCUT2D eigenvalue weighted by molar-refractivity contribution is 0.363. The van der Waals surface area contributed by atoms with Crippen molar-refractivity contribution in [2.24, 2.45) is 0 Å². The fourth-order valence-corrected chi connectivity index (χ4v) is 3.00. The molecule has 134 valence electrons. The third kappa shape index (κ3) is 3.77. The maximum atomic E-state index is 14.5. The average Bonchev–Trinajstić information content (AvgIpc) is 2.67. The Morgan fingerprint density at radius 3 is 2.35 bits per heavy atom. The van der Waals surface area contributed by atoms with Crippen LogP contribution in [0.3, 0.4) is 0 Å². The average molecular weight is 352 g/mol. The van der Waals surface area contributed by atoms with Gasteiger partial charge >= 0.3 is 0 Å². The van der Waals surface area contributed by atoms with Gasteiger partial charge in [-0.3, -0.25) is 0 Å². The summed E-state index contributed by atoms with van der Waals surface area (Å²) in [6, 6.07) is 14.8. The molecule has 0 atom stereocenters. The van der Waals surface area contributed by atoms with E-state index in [1.54, 1.807) is 12.1 Å². The molecule has 0 aliphatic carbocycles. The quantitative estimate of drug-likeness (QED) is 0.449. The van der Waals surface area contributed by atoms with Crippen LogP contribution in [0.25, 0.3) is 21.9 Å². The van der Waals surface area contributed by atoms with Crippen LogP contribution in [0.2, 0.25) is 0 Å². The lowest BCUT2D eigenvalue weighted by Gasteiger charge is -2.10. The SMILES string of the molecule is CC=CCOc1ccc(-c2ccc3cc(CCC)c(F)c(F)c3c2)cc1. The molecule has 0 bridgehead atoms. The summed E-state index contributed by atoms with van der Waals surface area (Å²) in [7, 11) is 0. The molecule has 1 nitrogen and oxygen atoms in total. The van der Waals surface area contributed by atoms with Gasteiger partial charge in [0.25, 0.3) is 0 Å². The third-order valence-electron chi connectivity index (χ3n) is 4.38. The minimum atomic E-state index is -0.765. The highest BCUT2D eigenvalue weighted by molar-refractivity contribution is 5.88. The first-order valence-corrected chi connectivity index (χ1v) is 8.89. The minimum Gasteiger partial charge on any atom is -0.490 e. The highest BCUT2D eigenvalue weighted by Crippen LogP contribution is 2.30. The van der Waals surface area contributed by atoms with Crippen LogP contribution in [-0.4, -0.2) is 6.61 Å². The van der Waals surface area contributed by atoms with Crippen LogP contribution in [0, 0.1) is 11.6 Å². The van der Waals surface area contributed by atoms with Gasteiger partial charge in [-0.05, 0) is 59.7 Å². The number of aryl methyl sites for hydroxylation is 1. The number of halogens is 2. The van der Waals surface area contributed by atoms with Crippen molar-refractivity contribution < 1.29 is 13.5 Å². The Labute approximate surface area is 152 Å². The predicted octanol–water partition coefficient (Wildman–Crippen LogP) is 6.69. The lowest BCUT2D eigenvalue weighted by Crippen LogP contribution is -1.96. The number of benzene rings is 3. The third-order valence-corrected chi connectivity index (χ3v) is 4.38. The Morgan fingerprint density at radius 1 is 0.923 bits per heavy atom. The summed E-state index contributed by atoms with van der Waals surface area (Å²) < 4.78 is 34.4. The minimum absolute atomic E-state index is 0.313. The summed E-state index contributed by atoms with van der Waals surface area (Å²) in [6.07, 6.45) is 5.18. The number of hydrogen-bond donors (Lipinski definition) is 0. The Hall–Kier alpha value is -2.68. The van der Waals surface area contributed by atoms with Gasteiger partial charge in [0.15, 0.2) is 11.6 Å². The van der Waals surface area contributed by atoms with Gasteiger partial charge in [0.05, 0.1) is 0 Å². The molecule has 0 saturated carbocycles. The van der Waals surface area contributed by atoms with Gasteiger partial charge in [0.2, 0.25) is 0 Å². The maximum absolute atomic E-state index is 14.5. The topological polar surface area (TPSA) is 9.23 Å². The highest BCUT2D eigenvalue weighted by Gasteiger charge is 2.13. The Morgan fingerprint density at radius 2 is 1.65 bits per heavy atom. The molecule has 3 aromatic carbocycles. The summed E-state index contributed by atoms with van der Waals surface area (Å²) in [5, 5.41) is 1.04. The molecule has 26 heavy (non-hydrogen) atoms. The summed E-state index contributed by atoms with van der Waals surface area (Å²) >= 11 is 0. The zero-order valence-electron chi connectivity index (χ0n) is 15.1. The largest absolute Gasteiger partial charge is 0.490 e. The van der Waals surface area contributed by atoms with Crippen molar-refractivity contribution >= 4 is 10.8 Å². The van der Waals surface area contributed by atoms with Gasteiger partial charge in [0, 0.05) is 5.39 Å². The van der Waals surface area contributed by atoms with E-state index in [2.05, 4.69) is 0 Å². The molecule has 0 unspecified atom stereocenters. The monoisotopic (exact) mass is 352 g/mol. The fraction of sp³-hybridized carbons (Fsp3) is 0.217. The van der Waals surface area contributed by atoms with Crippen LogP contribution in [0.4, 0.5) is 8.78 Å². The van der Waals surface area contributed by atoms with E-state index in [0.717, 1.165) is 28.7 Å². The molecule has 0 fully saturated rings. The smallest absolute Gasteiger partial charge is 0.166 e. The summed E-state index contributed by atoms with van der Waals surface area (Å²) in [5.74, 6) is -0.725. The number of hydrogen-bond acceptors (Lipinski definition) is 1. The van der Waals surface area contributed by atoms with Crippen LogP contribution in [0.15, 0.2) is 60.7 Å². The predicted molar refractivity (Wildman–Crippen MR) is 104 cm³/mol. The van der Waals surface area contributed by atoms with E-state index in [0.29, 0.717) is 24.0 Å². The van der Waals surface area contributed by atoms with Crippen LogP contribution < -0.4 is 4.74 Å². The van der Waals surface area contributed by atoms with Crippen LogP contribution >= 0.6 is 0 Å². The first kappa shape index (κ1) is 18.1. The highest BCUT2D eigenvalue weighted by atomic mass is 19.2. The molecule has 0 saturated heterocycles. The molecule has 0 N–H and O–H groups in total. The van der Waals surface area contributed by atoms with Gasteiger partial charge in [-0.25, -0.2) is 8.78 Å². The molecule has 0 aliphatic heterocycles. The first-order chi connectivity index (χ1) is 12.6. The standard InChI is InChI=1S/C23H22F2O/c1-3-5-13-26-20-11-9-16(10-12-20)17-7-8-18-14-19(6-4-2)22(24)23(25)21(18)15-17/h3,5,7-12,14-15H,4,6,13H2,1-2H3. The molecule has 0 amide bonds. The van der Waals surface area contributed by atoms with Crippen LogP contribution in [0.1, 0.15) is 25.8 Å². The maximum Gasteiger partial charge on any atom is 0.166 e. The molecular weight excluding hydrogens is 330 g/mol. The van der Waals surface area contributed by atoms with Crippen molar-refractivity contribution in [1.29, 1.82) is 0 Å². The normalized spacial score (nSPS) is 11.4. The Balaban J connectivity index is 1.93. The van der Waals surface area contributed by atoms with Crippen LogP contribution in [0.5, 0.6) is 5.75 Å². The number of fused-ring (bicyclic) bond motifs is 1. The van der Waals surface area contributed by atoms with E-state index in [1.165, 1.54) is 0 Å². The summed E-state index contributed by atoms with van der Waals surface area (Å²) in [4.78, 5) is 0. The molecule has 0 heterocycles. The van der Waals surface area contributed by atoms with Gasteiger partial charge in [-0.1, -0.05) is 49.8 Å². The first-order valence-electron chi connectivity index (χ1n) is 8.89. The second kappa shape index (κ2) is 8.13. The van der Waals surface area contributed by atoms with Crippen molar-refractivity contribution in [2.75, 3.05) is 6.61 Å². The van der Waals surface area contributed by atoms with Crippen molar-refractivity contribution in [2.45, 2.75) is 26.7 Å². The number of rotatable bonds is 6. The lowest BCUT2D eigenvalue weighted by atomic mass is 9.98. The van der Waals surface area contributed by atoms with Gasteiger partial charge in [-0.15, -0.1) is 0 Å². The Bertz CT molecular complexity index is 927. The van der Waals surface area contributed by atoms with Crippen molar-refractivity contribution in [3.8, 4) is 16.9 Å². The Kier molecular flexibility index (Phi) is 5.67. The van der Waals surface area contributed by atoms with Gasteiger partial charge in [-0.2, -0.15) is 0 Å². The molecule has 0 spiro atoms. The summed E-state index contributed by atoms with van der Waals surface area (Å²) in [5.41, 5.74) is 2.22. The van der Waals surface area contributed by atoms with Crippen molar-refractivity contribution in [1.82, 2.24) is 0 Å². The second-order valence-electron chi connectivity index (χ2n) is 6.25. The molecule has 3 heteroatoms. The zero-order chi connectivity index (χ0) is 18.5. The van der Waals surface area contributed by atoms with Gasteiger partial charge < -0.3 is 4.74 Å². The summed E-state index contributed by atoms with van der Waals surface area (Å²) in [6.45, 7) is 4.42. The van der Waals surface area contributed by atoms with Crippen LogP contribution in [-0.2, 0) is 6.42 Å². The zero-order valence-corrected chi connectivity index (χ0v) is 15.1. The molecule has 3 rings (SSSR count). The van der Waals surface area contributed by atoms with E-state index in [9.17, 15) is 8.78 Å². The molecule has 0 aromatic heterocycles. The van der Waals surface area contributed by atoms with Crippen molar-refractivity contribution in [3.05, 3.63) is 77.9 Å². The number of allylic oxidation sites excluding steroid dienone is 1. The van der Waals surface area contributed by atoms with E-state index < -0.39 is 11.6 Å². The van der Waals surface area contributed by atoms with E-state index >= 15 is 0 Å². The van der Waals surface area contributed by atoms with E-state index in [-0.39, 0.29) is 0 Å². The van der Waals surface area contributed by atoms with E-state index in [1.807, 2.05) is 62.4 Å². The molecule has 3 aromatic rings. The molecule has 0 radical (unpaired) electrons. The van der Waals surface area contributed by atoms with Gasteiger partial charge in [0.1, 0.15) is 12.4 Å². The molecular formula is C23H22F2O. The van der Waals surface area contributed by atoms with Crippen molar-refractivity contribution in [3.63, 3.8) is 0 Å². The number of ether oxygens (including phenoxy) is 1. The fourth-order valence-electron chi connectivity index (χ4n) is 3.00. The second-order valence-corrected chi connectivity index (χ2v) is 6.25. The molecule has 0 aliphatic rings. The van der Waals surface area contributed by atoms with E-state index in [4.69, 9.17) is 4.74 Å².